The summed E-state index contributed by atoms with van der Waals surface area (Å²) >= 11 is 0. The van der Waals surface area contributed by atoms with Gasteiger partial charge in [0.05, 0.1) is 17.6 Å². The Kier molecular flexibility index (Phi) is 5.47. The Balaban J connectivity index is 1.53. The Hall–Kier alpha value is -3.66. The minimum absolute atomic E-state index is 0.0340. The van der Waals surface area contributed by atoms with Gasteiger partial charge in [-0.3, -0.25) is 4.79 Å². The number of aromatic nitrogens is 2. The minimum Gasteiger partial charge on any atom is -0.382 e. The Morgan fingerprint density at radius 3 is 2.67 bits per heavy atom. The van der Waals surface area contributed by atoms with Crippen LogP contribution in [0.2, 0.25) is 0 Å². The van der Waals surface area contributed by atoms with Crippen LogP contribution in [0.3, 0.4) is 0 Å². The summed E-state index contributed by atoms with van der Waals surface area (Å²) in [6.07, 6.45) is 3.67. The van der Waals surface area contributed by atoms with Crippen molar-refractivity contribution in [1.29, 1.82) is 5.26 Å². The largest absolute Gasteiger partial charge is 0.382 e. The van der Waals surface area contributed by atoms with Gasteiger partial charge in [0, 0.05) is 24.8 Å². The Labute approximate surface area is 156 Å². The molecule has 0 aliphatic heterocycles. The average molecular weight is 363 g/mol. The number of nitrogens with one attached hydrogen (secondary N) is 2. The van der Waals surface area contributed by atoms with Gasteiger partial charge in [-0.1, -0.05) is 6.07 Å². The molecule has 2 N–H and O–H groups in total. The van der Waals surface area contributed by atoms with Crippen molar-refractivity contribution in [2.24, 2.45) is 0 Å². The first-order valence-electron chi connectivity index (χ1n) is 8.41. The molecular formula is C20H18FN5O. The normalized spacial score (nSPS) is 10.3. The first-order chi connectivity index (χ1) is 13.1. The standard InChI is InChI=1S/C20H18FN5O/c1-14-12-25-26(13-14)16-7-5-15(6-8-16)20(27)24-10-9-23-19-4-2-3-18(21)17(19)11-22/h2-8,12-13,23H,9-10H2,1H3,(H,24,27). The molecule has 0 spiro atoms. The van der Waals surface area contributed by atoms with Gasteiger partial charge in [0.25, 0.3) is 5.91 Å². The molecule has 6 nitrogen and oxygen atoms in total. The van der Waals surface area contributed by atoms with Gasteiger partial charge in [-0.05, 0) is 48.9 Å². The van der Waals surface area contributed by atoms with Crippen molar-refractivity contribution in [3.63, 3.8) is 0 Å². The van der Waals surface area contributed by atoms with Gasteiger partial charge < -0.3 is 10.6 Å². The summed E-state index contributed by atoms with van der Waals surface area (Å²) in [4.78, 5) is 12.2. The van der Waals surface area contributed by atoms with Gasteiger partial charge in [-0.25, -0.2) is 9.07 Å². The summed E-state index contributed by atoms with van der Waals surface area (Å²) in [5, 5.41) is 19.0. The molecule has 0 unspecified atom stereocenters. The predicted octanol–water partition coefficient (Wildman–Crippen LogP) is 3.03. The second-order valence-corrected chi connectivity index (χ2v) is 5.97. The highest BCUT2D eigenvalue weighted by molar-refractivity contribution is 5.94. The lowest BCUT2D eigenvalue weighted by Crippen LogP contribution is -2.28. The molecule has 1 amide bonds. The van der Waals surface area contributed by atoms with Crippen molar-refractivity contribution < 1.29 is 9.18 Å². The quantitative estimate of drug-likeness (QED) is 0.660. The fourth-order valence-electron chi connectivity index (χ4n) is 2.58. The first-order valence-corrected chi connectivity index (χ1v) is 8.41. The molecule has 3 rings (SSSR count). The van der Waals surface area contributed by atoms with Crippen LogP contribution in [0.4, 0.5) is 10.1 Å². The predicted molar refractivity (Wildman–Crippen MR) is 100 cm³/mol. The third-order valence-corrected chi connectivity index (χ3v) is 3.96. The maximum absolute atomic E-state index is 13.5. The third kappa shape index (κ3) is 4.30. The molecule has 136 valence electrons. The van der Waals surface area contributed by atoms with E-state index >= 15 is 0 Å². The number of hydrogen-bond acceptors (Lipinski definition) is 4. The fraction of sp³-hybridized carbons (Fsp3) is 0.150. The molecule has 2 aromatic carbocycles. The van der Waals surface area contributed by atoms with Crippen LogP contribution in [0.25, 0.3) is 5.69 Å². The summed E-state index contributed by atoms with van der Waals surface area (Å²) in [6, 6.07) is 13.3. The van der Waals surface area contributed by atoms with Gasteiger partial charge in [-0.2, -0.15) is 10.4 Å². The number of halogens is 1. The number of hydrogen-bond donors (Lipinski definition) is 2. The molecule has 0 fully saturated rings. The number of amides is 1. The number of anilines is 1. The van der Waals surface area contributed by atoms with Gasteiger partial charge >= 0.3 is 0 Å². The van der Waals surface area contributed by atoms with Crippen LogP contribution in [-0.4, -0.2) is 28.8 Å². The summed E-state index contributed by atoms with van der Waals surface area (Å²) < 4.78 is 15.3. The second-order valence-electron chi connectivity index (χ2n) is 5.97. The summed E-state index contributed by atoms with van der Waals surface area (Å²) in [5.74, 6) is -0.779. The van der Waals surface area contributed by atoms with E-state index in [0.29, 0.717) is 24.3 Å². The van der Waals surface area contributed by atoms with E-state index in [2.05, 4.69) is 15.7 Å². The highest BCUT2D eigenvalue weighted by Gasteiger charge is 2.08. The number of aryl methyl sites for hydroxylation is 1. The maximum Gasteiger partial charge on any atom is 0.251 e. The lowest BCUT2D eigenvalue weighted by Gasteiger charge is -2.10. The molecule has 0 radical (unpaired) electrons. The zero-order valence-electron chi connectivity index (χ0n) is 14.7. The van der Waals surface area contributed by atoms with Gasteiger partial charge in [0.1, 0.15) is 17.4 Å². The molecule has 3 aromatic rings. The topological polar surface area (TPSA) is 82.7 Å². The van der Waals surface area contributed by atoms with Gasteiger partial charge in [-0.15, -0.1) is 0 Å². The molecule has 0 aliphatic carbocycles. The zero-order valence-corrected chi connectivity index (χ0v) is 14.7. The van der Waals surface area contributed by atoms with Gasteiger partial charge in [0.15, 0.2) is 0 Å². The van der Waals surface area contributed by atoms with Crippen molar-refractivity contribution in [2.45, 2.75) is 6.92 Å². The van der Waals surface area contributed by atoms with Crippen molar-refractivity contribution >= 4 is 11.6 Å². The average Bonchev–Trinajstić information content (AvgIpc) is 3.11. The number of carbonyl (C=O) groups is 1. The lowest BCUT2D eigenvalue weighted by molar-refractivity contribution is 0.0955. The SMILES string of the molecule is Cc1cnn(-c2ccc(C(=O)NCCNc3cccc(F)c3C#N)cc2)c1. The van der Waals surface area contributed by atoms with Crippen LogP contribution in [-0.2, 0) is 0 Å². The summed E-state index contributed by atoms with van der Waals surface area (Å²) in [5.41, 5.74) is 2.84. The second kappa shape index (κ2) is 8.15. The Morgan fingerprint density at radius 1 is 1.22 bits per heavy atom. The van der Waals surface area contributed by atoms with E-state index < -0.39 is 5.82 Å². The van der Waals surface area contributed by atoms with Crippen molar-refractivity contribution in [2.75, 3.05) is 18.4 Å². The number of benzene rings is 2. The molecule has 0 aliphatic rings. The third-order valence-electron chi connectivity index (χ3n) is 3.96. The molecule has 27 heavy (non-hydrogen) atoms. The van der Waals surface area contributed by atoms with E-state index in [1.807, 2.05) is 31.3 Å². The summed E-state index contributed by atoms with van der Waals surface area (Å²) in [7, 11) is 0. The number of nitrogens with zero attached hydrogens (tertiary/aromatic N) is 3. The molecule has 0 saturated carbocycles. The van der Waals surface area contributed by atoms with Crippen LogP contribution < -0.4 is 10.6 Å². The summed E-state index contributed by atoms with van der Waals surface area (Å²) in [6.45, 7) is 2.66. The minimum atomic E-state index is -0.570. The van der Waals surface area contributed by atoms with Crippen LogP contribution >= 0.6 is 0 Å². The molecule has 1 heterocycles. The Bertz CT molecular complexity index is 988. The zero-order chi connectivity index (χ0) is 19.2. The fourth-order valence-corrected chi connectivity index (χ4v) is 2.58. The first kappa shape index (κ1) is 18.1. The maximum atomic E-state index is 13.5. The highest BCUT2D eigenvalue weighted by atomic mass is 19.1. The highest BCUT2D eigenvalue weighted by Crippen LogP contribution is 2.17. The number of nitriles is 1. The van der Waals surface area contributed by atoms with Crippen LogP contribution in [0.1, 0.15) is 21.5 Å². The van der Waals surface area contributed by atoms with Crippen molar-refractivity contribution in [3.8, 4) is 11.8 Å². The van der Waals surface area contributed by atoms with E-state index in [4.69, 9.17) is 5.26 Å². The Morgan fingerprint density at radius 2 is 2.00 bits per heavy atom. The van der Waals surface area contributed by atoms with Crippen LogP contribution in [0.15, 0.2) is 54.9 Å². The van der Waals surface area contributed by atoms with Gasteiger partial charge in [0.2, 0.25) is 0 Å². The van der Waals surface area contributed by atoms with Crippen LogP contribution in [0, 0.1) is 24.1 Å². The smallest absolute Gasteiger partial charge is 0.251 e. The monoisotopic (exact) mass is 363 g/mol. The van der Waals surface area contributed by atoms with E-state index in [0.717, 1.165) is 11.3 Å². The van der Waals surface area contributed by atoms with Crippen LogP contribution in [0.5, 0.6) is 0 Å². The molecule has 7 heteroatoms. The van der Waals surface area contributed by atoms with Crippen molar-refractivity contribution in [1.82, 2.24) is 15.1 Å². The number of rotatable bonds is 6. The molecule has 0 atom stereocenters. The molecular weight excluding hydrogens is 345 g/mol. The molecule has 1 aromatic heterocycles. The molecule has 0 bridgehead atoms. The van der Waals surface area contributed by atoms with Crippen molar-refractivity contribution in [3.05, 3.63) is 77.4 Å². The van der Waals surface area contributed by atoms with E-state index in [1.165, 1.54) is 12.1 Å². The van der Waals surface area contributed by atoms with E-state index in [1.54, 1.807) is 29.1 Å². The number of carbonyl (C=O) groups excluding carboxylic acids is 1. The van der Waals surface area contributed by atoms with E-state index in [-0.39, 0.29) is 11.5 Å². The van der Waals surface area contributed by atoms with E-state index in [9.17, 15) is 9.18 Å². The molecule has 0 saturated heterocycles. The lowest BCUT2D eigenvalue weighted by atomic mass is 10.2.